The maximum atomic E-state index is 6.29. The fourth-order valence-electron chi connectivity index (χ4n) is 7.04. The van der Waals surface area contributed by atoms with Crippen LogP contribution in [-0.2, 0) is 20.1 Å². The van der Waals surface area contributed by atoms with Crippen LogP contribution in [0.4, 0.5) is 0 Å². The maximum absolute atomic E-state index is 6.29. The van der Waals surface area contributed by atoms with Gasteiger partial charge in [-0.1, -0.05) is 111 Å². The molecule has 0 spiro atoms. The summed E-state index contributed by atoms with van der Waals surface area (Å²) >= 11 is 0. The number of aromatic nitrogens is 4. The smallest absolute Gasteiger partial charge is 0.216 e. The van der Waals surface area contributed by atoms with Crippen LogP contribution in [0, 0.1) is 19.1 Å². The predicted molar refractivity (Wildman–Crippen MR) is 226 cm³/mol. The minimum atomic E-state index is -1.34. The second kappa shape index (κ2) is 15.7. The first-order valence-electron chi connectivity index (χ1n) is 18.5. The molecule has 1 radical (unpaired) electrons. The van der Waals surface area contributed by atoms with E-state index in [4.69, 9.17) is 9.40 Å². The molecule has 55 heavy (non-hydrogen) atoms. The van der Waals surface area contributed by atoms with E-state index in [0.717, 1.165) is 61.4 Å². The van der Waals surface area contributed by atoms with Gasteiger partial charge in [0, 0.05) is 43.1 Å². The zero-order valence-electron chi connectivity index (χ0n) is 31.9. The topological polar surface area (TPSA) is 56.7 Å². The molecule has 0 aliphatic rings. The van der Waals surface area contributed by atoms with Gasteiger partial charge in [0.2, 0.25) is 5.71 Å². The fraction of sp³-hybridized carbons (Fsp3) is 0.146. The van der Waals surface area contributed by atoms with E-state index >= 15 is 0 Å². The second-order valence-electron chi connectivity index (χ2n) is 15.0. The molecule has 5 nitrogen and oxygen atoms in total. The SMILES string of the molecule is CC(C)c1cc(-c2[c-]cccc2)ncc1[Si](C)(C)C.Cc1ccc2c(n1)oc1c(-c3nc4ccccc4n3-c3ccc(-c4ccccc4)cc3)[c-]ccc12.[Ir]. The molecule has 275 valence electrons. The van der Waals surface area contributed by atoms with E-state index in [-0.39, 0.29) is 20.1 Å². The Morgan fingerprint density at radius 1 is 0.709 bits per heavy atom. The van der Waals surface area contributed by atoms with Crippen molar-refractivity contribution in [2.24, 2.45) is 0 Å². The number of aryl methyl sites for hydroxylation is 1. The van der Waals surface area contributed by atoms with Gasteiger partial charge in [-0.15, -0.1) is 54.1 Å². The maximum Gasteiger partial charge on any atom is 0.216 e. The van der Waals surface area contributed by atoms with Crippen LogP contribution in [0.25, 0.3) is 72.6 Å². The number of pyridine rings is 2. The van der Waals surface area contributed by atoms with Gasteiger partial charge in [-0.3, -0.25) is 4.98 Å². The van der Waals surface area contributed by atoms with Crippen molar-refractivity contribution in [2.45, 2.75) is 46.3 Å². The number of furan rings is 1. The van der Waals surface area contributed by atoms with E-state index in [2.05, 4.69) is 139 Å². The van der Waals surface area contributed by atoms with Gasteiger partial charge in [-0.25, -0.2) is 4.98 Å². The monoisotopic (exact) mass is 911 g/mol. The average molecular weight is 911 g/mol. The van der Waals surface area contributed by atoms with Gasteiger partial charge in [0.05, 0.1) is 30.5 Å². The third-order valence-corrected chi connectivity index (χ3v) is 11.8. The molecule has 0 bridgehead atoms. The van der Waals surface area contributed by atoms with Gasteiger partial charge in [0.25, 0.3) is 0 Å². The number of para-hydroxylation sites is 2. The van der Waals surface area contributed by atoms with E-state index in [1.54, 1.807) is 0 Å². The molecule has 0 aliphatic carbocycles. The molecule has 0 saturated carbocycles. The van der Waals surface area contributed by atoms with Crippen molar-refractivity contribution in [3.05, 3.63) is 163 Å². The quantitative estimate of drug-likeness (QED) is 0.123. The van der Waals surface area contributed by atoms with Crippen LogP contribution in [-0.4, -0.2) is 27.6 Å². The molecule has 0 fully saturated rings. The van der Waals surface area contributed by atoms with Crippen LogP contribution in [0.5, 0.6) is 0 Å². The van der Waals surface area contributed by atoms with E-state index in [1.807, 2.05) is 67.6 Å². The summed E-state index contributed by atoms with van der Waals surface area (Å²) in [5, 5.41) is 3.48. The Balaban J connectivity index is 0.000000199. The van der Waals surface area contributed by atoms with E-state index in [0.29, 0.717) is 11.6 Å². The minimum absolute atomic E-state index is 0. The normalized spacial score (nSPS) is 11.5. The molecule has 0 N–H and O–H groups in total. The van der Waals surface area contributed by atoms with Gasteiger partial charge in [-0.05, 0) is 71.2 Å². The molecule has 5 aromatic carbocycles. The molecule has 7 heteroatoms. The molecule has 9 rings (SSSR count). The van der Waals surface area contributed by atoms with Crippen LogP contribution in [0.3, 0.4) is 0 Å². The average Bonchev–Trinajstić information content (AvgIpc) is 3.76. The summed E-state index contributed by atoms with van der Waals surface area (Å²) in [6, 6.07) is 52.2. The molecule has 0 atom stereocenters. The van der Waals surface area contributed by atoms with Crippen molar-refractivity contribution in [2.75, 3.05) is 0 Å². The first-order valence-corrected chi connectivity index (χ1v) is 22.0. The molecule has 4 heterocycles. The van der Waals surface area contributed by atoms with Crippen LogP contribution in [0.2, 0.25) is 19.6 Å². The Bertz CT molecular complexity index is 2730. The largest absolute Gasteiger partial charge is 0.486 e. The van der Waals surface area contributed by atoms with Crippen LogP contribution < -0.4 is 5.19 Å². The molecule has 0 unspecified atom stereocenters. The summed E-state index contributed by atoms with van der Waals surface area (Å²) < 4.78 is 8.47. The van der Waals surface area contributed by atoms with Crippen molar-refractivity contribution in [1.29, 1.82) is 0 Å². The Labute approximate surface area is 337 Å². The van der Waals surface area contributed by atoms with Crippen LogP contribution >= 0.6 is 0 Å². The van der Waals surface area contributed by atoms with E-state index in [9.17, 15) is 0 Å². The van der Waals surface area contributed by atoms with Crippen molar-refractivity contribution in [3.8, 4) is 39.5 Å². The van der Waals surface area contributed by atoms with Crippen LogP contribution in [0.1, 0.15) is 31.0 Å². The number of nitrogens with zero attached hydrogens (tertiary/aromatic N) is 4. The molecule has 0 amide bonds. The standard InChI is InChI=1S/C31H20N3O.C17H22NSi.Ir/c1-20-14-19-25-24-10-7-11-26(29(24)35-31(25)32-20)30-33-27-12-5-6-13-28(27)34(30)23-17-15-22(16-18-23)21-8-3-2-4-9-21;1-13(2)15-11-16(14-9-7-6-8-10-14)18-12-17(15)19(3,4)5;/h2-10,12-19H,1H3;6-9,11-13H,1-5H3;/q2*-1;. The number of hydrogen-bond donors (Lipinski definition) is 0. The van der Waals surface area contributed by atoms with Crippen LogP contribution in [0.15, 0.2) is 144 Å². The van der Waals surface area contributed by atoms with Crippen molar-refractivity contribution < 1.29 is 24.5 Å². The van der Waals surface area contributed by atoms with Gasteiger partial charge in [0.1, 0.15) is 0 Å². The Morgan fingerprint density at radius 2 is 1.44 bits per heavy atom. The van der Waals surface area contributed by atoms with E-state index in [1.165, 1.54) is 21.9 Å². The Hall–Kier alpha value is -5.46. The zero-order valence-corrected chi connectivity index (χ0v) is 35.3. The Kier molecular flexibility index (Phi) is 10.8. The Morgan fingerprint density at radius 3 is 2.16 bits per heavy atom. The summed E-state index contributed by atoms with van der Waals surface area (Å²) in [6.07, 6.45) is 2.09. The minimum Gasteiger partial charge on any atom is -0.486 e. The number of fused-ring (bicyclic) bond motifs is 4. The molecule has 4 aromatic heterocycles. The van der Waals surface area contributed by atoms with Gasteiger partial charge in [-0.2, -0.15) is 0 Å². The zero-order chi connectivity index (χ0) is 37.4. The first kappa shape index (κ1) is 37.8. The van der Waals surface area contributed by atoms with Gasteiger partial charge in [0.15, 0.2) is 0 Å². The molecule has 9 aromatic rings. The molecular weight excluding hydrogens is 869 g/mol. The number of imidazole rings is 1. The number of rotatable bonds is 6. The predicted octanol–water partition coefficient (Wildman–Crippen LogP) is 12.0. The summed E-state index contributed by atoms with van der Waals surface area (Å²) in [7, 11) is -1.34. The first-order chi connectivity index (χ1) is 26.2. The third kappa shape index (κ3) is 7.61. The second-order valence-corrected chi connectivity index (χ2v) is 20.1. The van der Waals surface area contributed by atoms with Crippen molar-refractivity contribution in [3.63, 3.8) is 0 Å². The molecule has 0 aliphatic heterocycles. The van der Waals surface area contributed by atoms with Crippen molar-refractivity contribution in [1.82, 2.24) is 19.5 Å². The van der Waals surface area contributed by atoms with E-state index < -0.39 is 8.07 Å². The number of hydrogen-bond acceptors (Lipinski definition) is 4. The summed E-state index contributed by atoms with van der Waals surface area (Å²) in [5.74, 6) is 1.33. The van der Waals surface area contributed by atoms with Gasteiger partial charge < -0.3 is 14.0 Å². The summed E-state index contributed by atoms with van der Waals surface area (Å²) in [6.45, 7) is 13.6. The molecule has 0 saturated heterocycles. The molecular formula is C48H42IrN4OSi-2. The summed E-state index contributed by atoms with van der Waals surface area (Å²) in [4.78, 5) is 14.3. The third-order valence-electron chi connectivity index (χ3n) is 9.81. The number of benzene rings is 5. The van der Waals surface area contributed by atoms with Gasteiger partial charge >= 0.3 is 0 Å². The summed E-state index contributed by atoms with van der Waals surface area (Å²) in [5.41, 5.74) is 12.0. The fourth-order valence-corrected chi connectivity index (χ4v) is 8.72. The van der Waals surface area contributed by atoms with Crippen molar-refractivity contribution >= 4 is 46.4 Å².